The summed E-state index contributed by atoms with van der Waals surface area (Å²) in [4.78, 5) is 13.9. The van der Waals surface area contributed by atoms with Gasteiger partial charge in [0.1, 0.15) is 0 Å². The summed E-state index contributed by atoms with van der Waals surface area (Å²) in [7, 11) is -2.89. The van der Waals surface area contributed by atoms with E-state index in [0.29, 0.717) is 42.3 Å². The number of fused-ring (bicyclic) bond motifs is 7. The van der Waals surface area contributed by atoms with Gasteiger partial charge in [-0.2, -0.15) is 0 Å². The Morgan fingerprint density at radius 1 is 0.920 bits per heavy atom. The fourth-order valence-corrected chi connectivity index (χ4v) is 15.0. The molecule has 276 valence electrons. The van der Waals surface area contributed by atoms with Crippen LogP contribution >= 0.6 is 0 Å². The Morgan fingerprint density at radius 3 is 2.28 bits per heavy atom. The van der Waals surface area contributed by atoms with Crippen LogP contribution in [-0.2, 0) is 9.84 Å². The smallest absolute Gasteiger partial charge is 0.335 e. The van der Waals surface area contributed by atoms with E-state index in [2.05, 4.69) is 56.1 Å². The molecule has 8 nitrogen and oxygen atoms in total. The first-order valence-electron chi connectivity index (χ1n) is 19.4. The predicted octanol–water partition coefficient (Wildman–Crippen LogP) is 7.38. The van der Waals surface area contributed by atoms with Crippen LogP contribution in [0.2, 0.25) is 0 Å². The summed E-state index contributed by atoms with van der Waals surface area (Å²) in [5, 5.41) is 27.5. The number of oxime groups is 1. The van der Waals surface area contributed by atoms with E-state index in [1.807, 2.05) is 19.1 Å². The van der Waals surface area contributed by atoms with Crippen LogP contribution in [0, 0.1) is 51.2 Å². The van der Waals surface area contributed by atoms with Crippen LogP contribution in [0.25, 0.3) is 5.57 Å². The Bertz CT molecular complexity index is 1660. The summed E-state index contributed by atoms with van der Waals surface area (Å²) in [5.74, 6) is 2.05. The molecule has 0 amide bonds. The molecule has 50 heavy (non-hydrogen) atoms. The van der Waals surface area contributed by atoms with Crippen molar-refractivity contribution in [2.24, 2.45) is 56.4 Å². The van der Waals surface area contributed by atoms with Gasteiger partial charge in [0.2, 0.25) is 0 Å². The third-order valence-electron chi connectivity index (χ3n) is 16.5. The molecule has 9 heteroatoms. The zero-order valence-corrected chi connectivity index (χ0v) is 32.1. The van der Waals surface area contributed by atoms with Gasteiger partial charge in [-0.05, 0) is 133 Å². The normalized spacial score (nSPS) is 42.4. The number of carbonyl (C=O) groups is 1. The summed E-state index contributed by atoms with van der Waals surface area (Å²) in [6, 6.07) is 7.52. The largest absolute Gasteiger partial charge is 0.478 e. The molecule has 0 aromatic heterocycles. The highest BCUT2D eigenvalue weighted by molar-refractivity contribution is 7.91. The Hall–Kier alpha value is -2.23. The first kappa shape index (κ1) is 36.1. The number of aromatic carboxylic acids is 1. The minimum absolute atomic E-state index is 0.0214. The lowest BCUT2D eigenvalue weighted by Crippen LogP contribution is -2.68. The number of nitrogens with one attached hydrogen (secondary N) is 1. The molecule has 4 saturated carbocycles. The second-order valence-electron chi connectivity index (χ2n) is 18.6. The van der Waals surface area contributed by atoms with Gasteiger partial charge in [0, 0.05) is 37.6 Å². The van der Waals surface area contributed by atoms with Crippen molar-refractivity contribution in [3.8, 4) is 0 Å². The molecular formula is C41H61N3O5S. The lowest BCUT2D eigenvalue weighted by Gasteiger charge is -2.72. The molecule has 0 radical (unpaired) electrons. The Balaban J connectivity index is 1.16. The van der Waals surface area contributed by atoms with Crippen molar-refractivity contribution in [3.05, 3.63) is 41.5 Å². The van der Waals surface area contributed by atoms with Crippen molar-refractivity contribution < 1.29 is 23.5 Å². The molecule has 5 aliphatic carbocycles. The minimum atomic E-state index is -2.89. The number of nitrogens with zero attached hydrogens (tertiary/aromatic N) is 2. The Labute approximate surface area is 300 Å². The molecule has 7 rings (SSSR count). The number of carboxylic acid groups (broad SMARTS) is 1. The summed E-state index contributed by atoms with van der Waals surface area (Å²) in [5.41, 5.74) is 4.31. The molecule has 0 spiro atoms. The predicted molar refractivity (Wildman–Crippen MR) is 199 cm³/mol. The lowest BCUT2D eigenvalue weighted by molar-refractivity contribution is -0.218. The van der Waals surface area contributed by atoms with E-state index in [1.165, 1.54) is 37.7 Å². The molecular weight excluding hydrogens is 647 g/mol. The van der Waals surface area contributed by atoms with Crippen LogP contribution in [-0.4, -0.2) is 78.5 Å². The summed E-state index contributed by atoms with van der Waals surface area (Å²) in [6.45, 7) is 17.8. The average molecular weight is 708 g/mol. The highest BCUT2D eigenvalue weighted by atomic mass is 32.2. The quantitative estimate of drug-likeness (QED) is 0.154. The maximum absolute atomic E-state index is 12.0. The summed E-state index contributed by atoms with van der Waals surface area (Å²) < 4.78 is 24.0. The topological polar surface area (TPSA) is 119 Å². The first-order chi connectivity index (χ1) is 23.5. The molecule has 1 heterocycles. The van der Waals surface area contributed by atoms with Gasteiger partial charge in [-0.1, -0.05) is 58.0 Å². The molecule has 0 bridgehead atoms. The lowest BCUT2D eigenvalue weighted by atomic mass is 9.33. The maximum Gasteiger partial charge on any atom is 0.335 e. The Kier molecular flexibility index (Phi) is 8.99. The van der Waals surface area contributed by atoms with Crippen molar-refractivity contribution in [2.45, 2.75) is 105 Å². The van der Waals surface area contributed by atoms with E-state index in [-0.39, 0.29) is 44.6 Å². The van der Waals surface area contributed by atoms with Gasteiger partial charge in [0.25, 0.3) is 0 Å². The highest BCUT2D eigenvalue weighted by Gasteiger charge is 2.70. The highest BCUT2D eigenvalue weighted by Crippen LogP contribution is 2.76. The second kappa shape index (κ2) is 12.4. The molecule has 0 unspecified atom stereocenters. The average Bonchev–Trinajstić information content (AvgIpc) is 3.45. The number of hydrogen-bond donors (Lipinski definition) is 3. The van der Waals surface area contributed by atoms with Crippen LogP contribution in [0.4, 0.5) is 0 Å². The van der Waals surface area contributed by atoms with Crippen LogP contribution in [0.15, 0.2) is 35.5 Å². The van der Waals surface area contributed by atoms with Gasteiger partial charge in [-0.25, -0.2) is 13.2 Å². The van der Waals surface area contributed by atoms with Crippen molar-refractivity contribution in [3.63, 3.8) is 0 Å². The summed E-state index contributed by atoms with van der Waals surface area (Å²) in [6.07, 6.45) is 12.9. The molecule has 5 fully saturated rings. The van der Waals surface area contributed by atoms with Crippen LogP contribution < -0.4 is 5.32 Å². The molecule has 9 atom stereocenters. The number of hydrogen-bond acceptors (Lipinski definition) is 7. The fourth-order valence-electron chi connectivity index (χ4n) is 13.8. The molecule has 1 saturated heterocycles. The molecule has 1 aromatic carbocycles. The number of rotatable bonds is 7. The van der Waals surface area contributed by atoms with E-state index < -0.39 is 15.8 Å². The van der Waals surface area contributed by atoms with Gasteiger partial charge in [0.15, 0.2) is 9.84 Å². The maximum atomic E-state index is 12.0. The van der Waals surface area contributed by atoms with Crippen LogP contribution in [0.3, 0.4) is 0 Å². The third kappa shape index (κ3) is 5.45. The number of sulfone groups is 1. The van der Waals surface area contributed by atoms with Crippen LogP contribution in [0.1, 0.15) is 115 Å². The SMILES string of the molecule is C/C(=N\O)[C@@H]1CC[C@]2(NCCN3CCS(=O)(=O)CC3)CC[C@]3(C)[C@H](CC[C@@H]4[C@@]5(C)CC=C(c6ccc(C(=O)O)cc6)C(C)(C)[C@@H]5CC[C@]43C)[C@@H]12. The van der Waals surface area contributed by atoms with Crippen molar-refractivity contribution >= 4 is 27.1 Å². The fraction of sp³-hybridized carbons (Fsp3) is 0.756. The van der Waals surface area contributed by atoms with E-state index in [1.54, 1.807) is 12.1 Å². The molecule has 1 aliphatic heterocycles. The molecule has 1 aromatic rings. The van der Waals surface area contributed by atoms with Gasteiger partial charge < -0.3 is 20.5 Å². The van der Waals surface area contributed by atoms with Crippen molar-refractivity contribution in [1.29, 1.82) is 0 Å². The molecule has 6 aliphatic rings. The third-order valence-corrected chi connectivity index (χ3v) is 18.1. The van der Waals surface area contributed by atoms with Gasteiger partial charge >= 0.3 is 5.97 Å². The summed E-state index contributed by atoms with van der Waals surface area (Å²) >= 11 is 0. The zero-order valence-electron chi connectivity index (χ0n) is 31.3. The van der Waals surface area contributed by atoms with Crippen LogP contribution in [0.5, 0.6) is 0 Å². The minimum Gasteiger partial charge on any atom is -0.478 e. The Morgan fingerprint density at radius 2 is 1.62 bits per heavy atom. The van der Waals surface area contributed by atoms with Gasteiger partial charge in [-0.15, -0.1) is 0 Å². The first-order valence-corrected chi connectivity index (χ1v) is 21.2. The van der Waals surface area contributed by atoms with E-state index in [4.69, 9.17) is 0 Å². The number of carboxylic acids is 1. The van der Waals surface area contributed by atoms with Crippen molar-refractivity contribution in [2.75, 3.05) is 37.7 Å². The number of allylic oxidation sites excluding steroid dienone is 2. The second-order valence-corrected chi connectivity index (χ2v) is 20.9. The van der Waals surface area contributed by atoms with E-state index in [9.17, 15) is 23.5 Å². The van der Waals surface area contributed by atoms with Gasteiger partial charge in [-0.3, -0.25) is 0 Å². The van der Waals surface area contributed by atoms with Gasteiger partial charge in [0.05, 0.1) is 22.8 Å². The zero-order chi connectivity index (χ0) is 35.9. The van der Waals surface area contributed by atoms with Crippen molar-refractivity contribution in [1.82, 2.24) is 10.2 Å². The van der Waals surface area contributed by atoms with E-state index >= 15 is 0 Å². The standard InChI is InChI=1S/C41H61N3O5S/c1-27(43-47)30-13-18-41(42-21-22-44-23-25-50(48,49)26-24-44)20-19-39(5)32(35(30)41)11-12-34-38(4)16-14-31(28-7-9-29(10-8-28)36(45)46)37(2,3)33(38)15-17-40(34,39)6/h7-10,14,30,32-35,42,47H,11-13,15-26H2,1-6H3,(H,45,46)/b43-27+/t30-,32+,33-,34+,35+,38-,39+,40+,41-/m0/s1. The number of benzene rings is 1. The van der Waals surface area contributed by atoms with E-state index in [0.717, 1.165) is 50.0 Å². The monoisotopic (exact) mass is 707 g/mol. The molecule has 3 N–H and O–H groups in total.